The van der Waals surface area contributed by atoms with Crippen LogP contribution in [0.4, 0.5) is 4.39 Å². The topological polar surface area (TPSA) is 41.8 Å². The first-order valence-corrected chi connectivity index (χ1v) is 6.34. The van der Waals surface area contributed by atoms with Gasteiger partial charge in [-0.15, -0.1) is 0 Å². The molecule has 104 valence electrons. The van der Waals surface area contributed by atoms with Crippen molar-refractivity contribution in [2.75, 3.05) is 0 Å². The Hall–Kier alpha value is -2.36. The number of benzene rings is 1. The van der Waals surface area contributed by atoms with Gasteiger partial charge in [0.05, 0.1) is 6.21 Å². The van der Waals surface area contributed by atoms with Gasteiger partial charge in [0.2, 0.25) is 5.88 Å². The van der Waals surface area contributed by atoms with Gasteiger partial charge in [-0.05, 0) is 24.5 Å². The number of rotatable bonds is 4. The Labute approximate surface area is 117 Å². The van der Waals surface area contributed by atoms with Crippen LogP contribution in [0.25, 0.3) is 0 Å². The van der Waals surface area contributed by atoms with Crippen LogP contribution in [0.1, 0.15) is 18.4 Å². The summed E-state index contributed by atoms with van der Waals surface area (Å²) in [6, 6.07) is 9.68. The molecule has 3 nitrogen and oxygen atoms in total. The quantitative estimate of drug-likeness (QED) is 0.835. The van der Waals surface area contributed by atoms with Crippen molar-refractivity contribution < 1.29 is 14.2 Å². The van der Waals surface area contributed by atoms with Crippen molar-refractivity contribution in [3.63, 3.8) is 0 Å². The van der Waals surface area contributed by atoms with Crippen LogP contribution in [0.2, 0.25) is 0 Å². The minimum absolute atomic E-state index is 0.187. The Morgan fingerprint density at radius 3 is 2.80 bits per heavy atom. The fourth-order valence-electron chi connectivity index (χ4n) is 1.82. The predicted molar refractivity (Wildman–Crippen MR) is 76.9 cm³/mol. The Morgan fingerprint density at radius 2 is 2.10 bits per heavy atom. The first-order valence-electron chi connectivity index (χ1n) is 6.34. The zero-order chi connectivity index (χ0) is 14.4. The van der Waals surface area contributed by atoms with Crippen LogP contribution in [-0.4, -0.2) is 11.3 Å². The number of aliphatic hydroxyl groups is 1. The van der Waals surface area contributed by atoms with Crippen LogP contribution in [0, 0.1) is 0 Å². The van der Waals surface area contributed by atoms with E-state index in [-0.39, 0.29) is 11.3 Å². The Morgan fingerprint density at radius 1 is 1.35 bits per heavy atom. The van der Waals surface area contributed by atoms with Gasteiger partial charge in [-0.3, -0.25) is 0 Å². The minimum atomic E-state index is -0.577. The fraction of sp³-hybridized carbons (Fsp3) is 0.188. The van der Waals surface area contributed by atoms with E-state index < -0.39 is 5.83 Å². The van der Waals surface area contributed by atoms with E-state index in [0.29, 0.717) is 25.3 Å². The maximum Gasteiger partial charge on any atom is 0.209 e. The number of aliphatic imine (C=N–C) groups is 1. The predicted octanol–water partition coefficient (Wildman–Crippen LogP) is 4.20. The minimum Gasteiger partial charge on any atom is -0.508 e. The molecule has 1 aromatic carbocycles. The molecule has 2 rings (SSSR count). The van der Waals surface area contributed by atoms with E-state index in [0.717, 1.165) is 11.8 Å². The van der Waals surface area contributed by atoms with Crippen molar-refractivity contribution in [3.05, 3.63) is 71.6 Å². The maximum atomic E-state index is 13.7. The third kappa shape index (κ3) is 3.82. The lowest BCUT2D eigenvalue weighted by atomic mass is 10.1. The van der Waals surface area contributed by atoms with E-state index >= 15 is 0 Å². The number of ether oxygens (including phenoxy) is 1. The second kappa shape index (κ2) is 6.70. The second-order valence-corrected chi connectivity index (χ2v) is 4.39. The number of hydrogen-bond donors (Lipinski definition) is 1. The van der Waals surface area contributed by atoms with E-state index in [2.05, 4.69) is 11.6 Å². The number of allylic oxidation sites excluding steroid dienone is 3. The molecule has 0 bridgehead atoms. The molecule has 0 amide bonds. The van der Waals surface area contributed by atoms with Crippen LogP contribution in [0.3, 0.4) is 0 Å². The molecule has 1 N–H and O–H groups in total. The molecule has 20 heavy (non-hydrogen) atoms. The zero-order valence-electron chi connectivity index (χ0n) is 11.1. The van der Waals surface area contributed by atoms with Crippen molar-refractivity contribution in [1.82, 2.24) is 0 Å². The first kappa shape index (κ1) is 14.1. The summed E-state index contributed by atoms with van der Waals surface area (Å²) in [6.07, 6.45) is 3.72. The summed E-state index contributed by atoms with van der Waals surface area (Å²) in [6.45, 7) is 3.72. The number of nitrogens with zero attached hydrogens (tertiary/aromatic N) is 1. The van der Waals surface area contributed by atoms with E-state index in [9.17, 15) is 9.50 Å². The normalized spacial score (nSPS) is 23.1. The van der Waals surface area contributed by atoms with Crippen molar-refractivity contribution in [2.24, 2.45) is 4.99 Å². The fourth-order valence-corrected chi connectivity index (χ4v) is 1.82. The van der Waals surface area contributed by atoms with Crippen LogP contribution in [0.15, 0.2) is 71.0 Å². The Balaban J connectivity index is 2.02. The highest BCUT2D eigenvalue weighted by atomic mass is 19.1. The molecule has 1 heterocycles. The van der Waals surface area contributed by atoms with Gasteiger partial charge in [0, 0.05) is 5.57 Å². The lowest BCUT2D eigenvalue weighted by Crippen LogP contribution is -1.98. The summed E-state index contributed by atoms with van der Waals surface area (Å²) in [5, 5.41) is 9.28. The van der Waals surface area contributed by atoms with Gasteiger partial charge in [0.25, 0.3) is 0 Å². The van der Waals surface area contributed by atoms with E-state index in [1.165, 1.54) is 0 Å². The molecular weight excluding hydrogens is 257 g/mol. The Bertz CT molecular complexity index is 573. The smallest absolute Gasteiger partial charge is 0.209 e. The van der Waals surface area contributed by atoms with E-state index in [1.807, 2.05) is 30.3 Å². The standard InChI is InChI=1S/C16H16FNO2/c1-12(19)14-8-5-9-16(18-10-15(14)17)20-11-13-6-3-2-4-7-13/h2-4,6-7,9-10,19H,1,5,8,11H2/b15-14-,16-9-,18-10-. The number of aliphatic hydroxyl groups excluding tert-OH is 1. The average Bonchev–Trinajstić information content (AvgIpc) is 2.43. The first-order chi connectivity index (χ1) is 9.66. The van der Waals surface area contributed by atoms with Gasteiger partial charge in [-0.1, -0.05) is 36.9 Å². The summed E-state index contributed by atoms with van der Waals surface area (Å²) in [5.41, 5.74) is 1.21. The molecular formula is C16H16FNO2. The van der Waals surface area contributed by atoms with E-state index in [1.54, 1.807) is 6.08 Å². The zero-order valence-corrected chi connectivity index (χ0v) is 11.1. The average molecular weight is 273 g/mol. The molecule has 0 saturated heterocycles. The lowest BCUT2D eigenvalue weighted by Gasteiger charge is -2.10. The molecule has 0 radical (unpaired) electrons. The molecule has 0 saturated carbocycles. The molecule has 0 unspecified atom stereocenters. The van der Waals surface area contributed by atoms with Crippen molar-refractivity contribution in [3.8, 4) is 0 Å². The molecule has 0 atom stereocenters. The van der Waals surface area contributed by atoms with Crippen molar-refractivity contribution in [1.29, 1.82) is 0 Å². The Kier molecular flexibility index (Phi) is 4.71. The molecule has 4 heteroatoms. The highest BCUT2D eigenvalue weighted by molar-refractivity contribution is 5.78. The summed E-state index contributed by atoms with van der Waals surface area (Å²) in [4.78, 5) is 3.94. The molecule has 0 aromatic heterocycles. The summed E-state index contributed by atoms with van der Waals surface area (Å²) >= 11 is 0. The van der Waals surface area contributed by atoms with Crippen LogP contribution in [0.5, 0.6) is 0 Å². The van der Waals surface area contributed by atoms with Crippen molar-refractivity contribution in [2.45, 2.75) is 19.4 Å². The van der Waals surface area contributed by atoms with Crippen LogP contribution >= 0.6 is 0 Å². The van der Waals surface area contributed by atoms with E-state index in [4.69, 9.17) is 4.74 Å². The van der Waals surface area contributed by atoms with Gasteiger partial charge < -0.3 is 9.84 Å². The molecule has 0 spiro atoms. The highest BCUT2D eigenvalue weighted by Crippen LogP contribution is 2.21. The molecule has 1 aliphatic heterocycles. The third-order valence-electron chi connectivity index (χ3n) is 2.88. The SMILES string of the molecule is C=C(O)/C1=C(F)/C=N\C(OCc2ccccc2)=C\CC1. The third-order valence-corrected chi connectivity index (χ3v) is 2.88. The van der Waals surface area contributed by atoms with Gasteiger partial charge in [-0.2, -0.15) is 0 Å². The second-order valence-electron chi connectivity index (χ2n) is 4.39. The largest absolute Gasteiger partial charge is 0.508 e. The van der Waals surface area contributed by atoms with Gasteiger partial charge in [-0.25, -0.2) is 9.38 Å². The molecule has 1 aromatic rings. The molecule has 0 aliphatic carbocycles. The van der Waals surface area contributed by atoms with Crippen LogP contribution in [-0.2, 0) is 11.3 Å². The summed E-state index contributed by atoms with van der Waals surface area (Å²) < 4.78 is 19.2. The lowest BCUT2D eigenvalue weighted by molar-refractivity contribution is 0.195. The van der Waals surface area contributed by atoms with Gasteiger partial charge >= 0.3 is 0 Å². The van der Waals surface area contributed by atoms with Gasteiger partial charge in [0.1, 0.15) is 18.2 Å². The van der Waals surface area contributed by atoms with Gasteiger partial charge in [0.15, 0.2) is 0 Å². The molecule has 0 fully saturated rings. The highest BCUT2D eigenvalue weighted by Gasteiger charge is 2.10. The van der Waals surface area contributed by atoms with Crippen LogP contribution < -0.4 is 0 Å². The summed E-state index contributed by atoms with van der Waals surface area (Å²) in [7, 11) is 0. The molecule has 1 aliphatic rings. The maximum absolute atomic E-state index is 13.7. The van der Waals surface area contributed by atoms with Crippen molar-refractivity contribution >= 4 is 6.21 Å². The number of halogens is 1. The summed E-state index contributed by atoms with van der Waals surface area (Å²) in [5.74, 6) is -0.450. The number of hydrogen-bond acceptors (Lipinski definition) is 3. The monoisotopic (exact) mass is 273 g/mol.